The molecule has 2 rings (SSSR count). The van der Waals surface area contributed by atoms with Crippen LogP contribution in [0.15, 0.2) is 18.2 Å². The van der Waals surface area contributed by atoms with Crippen LogP contribution >= 0.6 is 0 Å². The van der Waals surface area contributed by atoms with Gasteiger partial charge >= 0.3 is 0 Å². The first-order chi connectivity index (χ1) is 8.56. The van der Waals surface area contributed by atoms with Gasteiger partial charge in [-0.05, 0) is 55.7 Å². The van der Waals surface area contributed by atoms with Crippen molar-refractivity contribution in [1.82, 2.24) is 0 Å². The topological polar surface area (TPSA) is 12.0 Å². The van der Waals surface area contributed by atoms with E-state index in [9.17, 15) is 8.78 Å². The van der Waals surface area contributed by atoms with Gasteiger partial charge in [0.2, 0.25) is 0 Å². The predicted molar refractivity (Wildman–Crippen MR) is 70.6 cm³/mol. The van der Waals surface area contributed by atoms with Crippen LogP contribution in [0.4, 0.5) is 14.5 Å². The second-order valence-electron chi connectivity index (χ2n) is 5.62. The monoisotopic (exact) mass is 253 g/mol. The smallest absolute Gasteiger partial charge is 0.146 e. The van der Waals surface area contributed by atoms with Gasteiger partial charge < -0.3 is 5.32 Å². The van der Waals surface area contributed by atoms with E-state index in [0.29, 0.717) is 5.69 Å². The molecule has 0 aliphatic heterocycles. The minimum absolute atomic E-state index is 0.274. The summed E-state index contributed by atoms with van der Waals surface area (Å²) < 4.78 is 26.6. The van der Waals surface area contributed by atoms with E-state index in [1.54, 1.807) is 0 Å². The first-order valence-corrected chi connectivity index (χ1v) is 6.78. The van der Waals surface area contributed by atoms with Crippen molar-refractivity contribution in [3.8, 4) is 0 Å². The largest absolute Gasteiger partial charge is 0.380 e. The van der Waals surface area contributed by atoms with E-state index < -0.39 is 5.82 Å². The van der Waals surface area contributed by atoms with E-state index in [0.717, 1.165) is 30.7 Å². The van der Waals surface area contributed by atoms with Crippen molar-refractivity contribution in [2.24, 2.45) is 11.8 Å². The number of hydrogen-bond donors (Lipinski definition) is 1. The Balaban J connectivity index is 1.93. The Morgan fingerprint density at radius 3 is 2.39 bits per heavy atom. The van der Waals surface area contributed by atoms with E-state index in [-0.39, 0.29) is 11.9 Å². The Hall–Kier alpha value is -1.12. The fourth-order valence-electron chi connectivity index (χ4n) is 2.76. The van der Waals surface area contributed by atoms with Crippen LogP contribution < -0.4 is 5.32 Å². The van der Waals surface area contributed by atoms with Gasteiger partial charge in [0.1, 0.15) is 11.6 Å². The molecule has 18 heavy (non-hydrogen) atoms. The third-order valence-electron chi connectivity index (χ3n) is 4.00. The molecule has 1 N–H and O–H groups in total. The SMILES string of the molecule is CC(C)C1CCC(Nc2cc(F)ccc2F)CC1. The molecule has 0 bridgehead atoms. The van der Waals surface area contributed by atoms with Crippen LogP contribution in [0.25, 0.3) is 0 Å². The highest BCUT2D eigenvalue weighted by atomic mass is 19.1. The van der Waals surface area contributed by atoms with Crippen molar-refractivity contribution in [3.63, 3.8) is 0 Å². The Labute approximate surface area is 108 Å². The van der Waals surface area contributed by atoms with Crippen molar-refractivity contribution in [2.75, 3.05) is 5.32 Å². The molecule has 0 saturated heterocycles. The first-order valence-electron chi connectivity index (χ1n) is 6.78. The highest BCUT2D eigenvalue weighted by Gasteiger charge is 2.23. The zero-order valence-corrected chi connectivity index (χ0v) is 11.0. The Kier molecular flexibility index (Phi) is 4.20. The van der Waals surface area contributed by atoms with Gasteiger partial charge in [-0.2, -0.15) is 0 Å². The molecule has 1 aliphatic carbocycles. The number of halogens is 2. The van der Waals surface area contributed by atoms with Crippen LogP contribution in [0.3, 0.4) is 0 Å². The maximum Gasteiger partial charge on any atom is 0.146 e. The van der Waals surface area contributed by atoms with Crippen molar-refractivity contribution < 1.29 is 8.78 Å². The van der Waals surface area contributed by atoms with Gasteiger partial charge in [0, 0.05) is 6.04 Å². The average molecular weight is 253 g/mol. The summed E-state index contributed by atoms with van der Waals surface area (Å²) in [5.74, 6) is 0.731. The third kappa shape index (κ3) is 3.21. The lowest BCUT2D eigenvalue weighted by Crippen LogP contribution is -2.28. The number of hydrogen-bond acceptors (Lipinski definition) is 1. The quantitative estimate of drug-likeness (QED) is 0.830. The summed E-state index contributed by atoms with van der Waals surface area (Å²) in [6.45, 7) is 4.51. The predicted octanol–water partition coefficient (Wildman–Crippen LogP) is 4.59. The molecule has 1 nitrogen and oxygen atoms in total. The summed E-state index contributed by atoms with van der Waals surface area (Å²) in [4.78, 5) is 0. The van der Waals surface area contributed by atoms with Crippen LogP contribution in [-0.4, -0.2) is 6.04 Å². The molecular weight excluding hydrogens is 232 g/mol. The van der Waals surface area contributed by atoms with Gasteiger partial charge in [-0.15, -0.1) is 0 Å². The molecule has 0 spiro atoms. The maximum absolute atomic E-state index is 13.5. The number of rotatable bonds is 3. The molecule has 3 heteroatoms. The molecule has 0 radical (unpaired) electrons. The van der Waals surface area contributed by atoms with Crippen molar-refractivity contribution in [3.05, 3.63) is 29.8 Å². The minimum atomic E-state index is -0.394. The molecule has 0 heterocycles. The van der Waals surface area contributed by atoms with Crippen LogP contribution in [0.1, 0.15) is 39.5 Å². The number of anilines is 1. The Morgan fingerprint density at radius 1 is 1.11 bits per heavy atom. The highest BCUT2D eigenvalue weighted by molar-refractivity contribution is 5.45. The summed E-state index contributed by atoms with van der Waals surface area (Å²) in [7, 11) is 0. The zero-order valence-electron chi connectivity index (χ0n) is 11.0. The lowest BCUT2D eigenvalue weighted by atomic mass is 9.79. The lowest BCUT2D eigenvalue weighted by molar-refractivity contribution is 0.266. The van der Waals surface area contributed by atoms with E-state index >= 15 is 0 Å². The zero-order chi connectivity index (χ0) is 13.1. The summed E-state index contributed by atoms with van der Waals surface area (Å²) in [5.41, 5.74) is 0.294. The summed E-state index contributed by atoms with van der Waals surface area (Å²) in [5, 5.41) is 3.13. The van der Waals surface area contributed by atoms with Crippen molar-refractivity contribution in [2.45, 2.75) is 45.6 Å². The number of benzene rings is 1. The van der Waals surface area contributed by atoms with E-state index in [2.05, 4.69) is 19.2 Å². The molecule has 1 aromatic rings. The van der Waals surface area contributed by atoms with Crippen LogP contribution in [0.5, 0.6) is 0 Å². The normalized spacial score (nSPS) is 24.3. The van der Waals surface area contributed by atoms with Crippen molar-refractivity contribution >= 4 is 5.69 Å². The fraction of sp³-hybridized carbons (Fsp3) is 0.600. The van der Waals surface area contributed by atoms with Gasteiger partial charge in [-0.3, -0.25) is 0 Å². The van der Waals surface area contributed by atoms with E-state index in [1.165, 1.54) is 25.0 Å². The maximum atomic E-state index is 13.5. The van der Waals surface area contributed by atoms with Gasteiger partial charge in [0.25, 0.3) is 0 Å². The van der Waals surface area contributed by atoms with E-state index in [4.69, 9.17) is 0 Å². The molecule has 1 fully saturated rings. The van der Waals surface area contributed by atoms with E-state index in [1.807, 2.05) is 0 Å². The average Bonchev–Trinajstić information content (AvgIpc) is 2.34. The van der Waals surface area contributed by atoms with Crippen LogP contribution in [0.2, 0.25) is 0 Å². The summed E-state index contributed by atoms with van der Waals surface area (Å²) in [6.07, 6.45) is 4.43. The van der Waals surface area contributed by atoms with Crippen molar-refractivity contribution in [1.29, 1.82) is 0 Å². The molecule has 0 unspecified atom stereocenters. The van der Waals surface area contributed by atoms with Gasteiger partial charge in [0.05, 0.1) is 5.69 Å². The van der Waals surface area contributed by atoms with Gasteiger partial charge in [0.15, 0.2) is 0 Å². The molecule has 0 aromatic heterocycles. The summed E-state index contributed by atoms with van der Waals surface area (Å²) in [6, 6.07) is 3.84. The molecule has 1 saturated carbocycles. The number of nitrogens with one attached hydrogen (secondary N) is 1. The molecule has 1 aromatic carbocycles. The lowest BCUT2D eigenvalue weighted by Gasteiger charge is -2.31. The molecule has 0 amide bonds. The second kappa shape index (κ2) is 5.68. The highest BCUT2D eigenvalue weighted by Crippen LogP contribution is 2.31. The Morgan fingerprint density at radius 2 is 1.78 bits per heavy atom. The molecular formula is C15H21F2N. The third-order valence-corrected chi connectivity index (χ3v) is 4.00. The minimum Gasteiger partial charge on any atom is -0.380 e. The molecule has 1 aliphatic rings. The van der Waals surface area contributed by atoms with Gasteiger partial charge in [-0.1, -0.05) is 13.8 Å². The second-order valence-corrected chi connectivity index (χ2v) is 5.62. The Bertz CT molecular complexity index is 395. The van der Waals surface area contributed by atoms with Crippen LogP contribution in [0, 0.1) is 23.5 Å². The molecule has 0 atom stereocenters. The van der Waals surface area contributed by atoms with Crippen LogP contribution in [-0.2, 0) is 0 Å². The first kappa shape index (κ1) is 13.3. The fourth-order valence-corrected chi connectivity index (χ4v) is 2.76. The molecule has 100 valence electrons. The van der Waals surface area contributed by atoms with Gasteiger partial charge in [-0.25, -0.2) is 8.78 Å². The summed E-state index contributed by atoms with van der Waals surface area (Å²) >= 11 is 0. The standard InChI is InChI=1S/C15H21F2N/c1-10(2)11-3-6-13(7-4-11)18-15-9-12(16)5-8-14(15)17/h5,8-11,13,18H,3-4,6-7H2,1-2H3.